The van der Waals surface area contributed by atoms with Crippen LogP contribution in [0.3, 0.4) is 0 Å². The molecule has 0 aliphatic carbocycles. The van der Waals surface area contributed by atoms with E-state index in [1.807, 2.05) is 13.0 Å². The Hall–Kier alpha value is -1.39. The number of thiazole rings is 1. The van der Waals surface area contributed by atoms with Crippen LogP contribution in [-0.2, 0) is 11.3 Å². The van der Waals surface area contributed by atoms with Gasteiger partial charge in [-0.1, -0.05) is 37.3 Å². The van der Waals surface area contributed by atoms with E-state index in [9.17, 15) is 0 Å². The molecule has 0 bridgehead atoms. The smallest absolute Gasteiger partial charge is 0.183 e. The maximum absolute atomic E-state index is 5.43. The van der Waals surface area contributed by atoms with E-state index in [1.165, 1.54) is 10.4 Å². The Morgan fingerprint density at radius 1 is 1.30 bits per heavy atom. The molecule has 1 N–H and O–H groups in total. The molecule has 2 aromatic rings. The molecule has 3 nitrogen and oxygen atoms in total. The molecule has 0 saturated heterocycles. The number of hydrogen-bond acceptors (Lipinski definition) is 4. The van der Waals surface area contributed by atoms with E-state index in [1.54, 1.807) is 11.3 Å². The Labute approximate surface area is 125 Å². The molecule has 1 aromatic carbocycles. The van der Waals surface area contributed by atoms with E-state index in [2.05, 4.69) is 48.4 Å². The maximum atomic E-state index is 5.43. The Morgan fingerprint density at radius 3 is 2.75 bits per heavy atom. The number of nitrogens with zero attached hydrogens (tertiary/aromatic N) is 1. The summed E-state index contributed by atoms with van der Waals surface area (Å²) in [5, 5.41) is 4.42. The zero-order valence-corrected chi connectivity index (χ0v) is 13.2. The molecule has 1 atom stereocenters. The summed E-state index contributed by atoms with van der Waals surface area (Å²) in [6, 6.07) is 10.5. The van der Waals surface area contributed by atoms with E-state index in [0.29, 0.717) is 12.5 Å². The maximum Gasteiger partial charge on any atom is 0.183 e. The molecule has 0 aliphatic heterocycles. The van der Waals surface area contributed by atoms with Gasteiger partial charge in [0, 0.05) is 18.0 Å². The summed E-state index contributed by atoms with van der Waals surface area (Å²) in [5.41, 5.74) is 2.40. The first kappa shape index (κ1) is 15.0. The van der Waals surface area contributed by atoms with Crippen molar-refractivity contribution >= 4 is 16.5 Å². The zero-order chi connectivity index (χ0) is 14.4. The van der Waals surface area contributed by atoms with Gasteiger partial charge in [-0.15, -0.1) is 11.3 Å². The molecule has 4 heteroatoms. The highest BCUT2D eigenvalue weighted by Gasteiger charge is 2.09. The van der Waals surface area contributed by atoms with Crippen LogP contribution in [0.15, 0.2) is 30.3 Å². The highest BCUT2D eigenvalue weighted by molar-refractivity contribution is 7.15. The fourth-order valence-corrected chi connectivity index (χ4v) is 2.80. The molecular formula is C16H22N2OS. The lowest BCUT2D eigenvalue weighted by atomic mass is 10.0. The number of rotatable bonds is 7. The van der Waals surface area contributed by atoms with Gasteiger partial charge in [-0.3, -0.25) is 0 Å². The average molecular weight is 290 g/mol. The monoisotopic (exact) mass is 290 g/mol. The Balaban J connectivity index is 1.91. The van der Waals surface area contributed by atoms with Crippen molar-refractivity contribution in [3.63, 3.8) is 0 Å². The van der Waals surface area contributed by atoms with Gasteiger partial charge in [0.05, 0.1) is 12.3 Å². The molecule has 20 heavy (non-hydrogen) atoms. The summed E-state index contributed by atoms with van der Waals surface area (Å²) in [6.45, 7) is 8.55. The lowest BCUT2D eigenvalue weighted by Gasteiger charge is -2.12. The quantitative estimate of drug-likeness (QED) is 0.829. The van der Waals surface area contributed by atoms with Gasteiger partial charge in [0.15, 0.2) is 5.13 Å². The van der Waals surface area contributed by atoms with Gasteiger partial charge in [-0.05, 0) is 25.3 Å². The number of benzene rings is 1. The van der Waals surface area contributed by atoms with Crippen molar-refractivity contribution in [2.45, 2.75) is 33.3 Å². The number of aryl methyl sites for hydroxylation is 1. The van der Waals surface area contributed by atoms with E-state index in [-0.39, 0.29) is 0 Å². The third-order valence-electron chi connectivity index (χ3n) is 3.26. The molecule has 1 unspecified atom stereocenters. The lowest BCUT2D eigenvalue weighted by Crippen LogP contribution is -2.09. The Bertz CT molecular complexity index is 525. The lowest BCUT2D eigenvalue weighted by molar-refractivity contribution is 0.131. The van der Waals surface area contributed by atoms with E-state index in [0.717, 1.165) is 24.0 Å². The van der Waals surface area contributed by atoms with Crippen molar-refractivity contribution in [3.8, 4) is 0 Å². The first-order valence-corrected chi connectivity index (χ1v) is 7.85. The van der Waals surface area contributed by atoms with Crippen molar-refractivity contribution in [1.29, 1.82) is 0 Å². The number of nitrogens with one attached hydrogen (secondary N) is 1. The summed E-state index contributed by atoms with van der Waals surface area (Å²) < 4.78 is 5.43. The SMILES string of the molecule is CCOCc1nc(NCC(C)c2ccccc2)sc1C. The van der Waals surface area contributed by atoms with Crippen LogP contribution in [0.5, 0.6) is 0 Å². The van der Waals surface area contributed by atoms with Gasteiger partial charge < -0.3 is 10.1 Å². The van der Waals surface area contributed by atoms with Gasteiger partial charge in [-0.2, -0.15) is 0 Å². The van der Waals surface area contributed by atoms with Crippen molar-refractivity contribution in [2.24, 2.45) is 0 Å². The molecule has 0 radical (unpaired) electrons. The second kappa shape index (κ2) is 7.41. The summed E-state index contributed by atoms with van der Waals surface area (Å²) in [7, 11) is 0. The van der Waals surface area contributed by atoms with Gasteiger partial charge in [0.25, 0.3) is 0 Å². The standard InChI is InChI=1S/C16H22N2OS/c1-4-19-11-15-13(3)20-16(18-15)17-10-12(2)14-8-6-5-7-9-14/h5-9,12H,4,10-11H2,1-3H3,(H,17,18). The fraction of sp³-hybridized carbons (Fsp3) is 0.438. The van der Waals surface area contributed by atoms with Crippen LogP contribution in [0, 0.1) is 6.92 Å². The molecule has 1 aromatic heterocycles. The minimum Gasteiger partial charge on any atom is -0.375 e. The van der Waals surface area contributed by atoms with Gasteiger partial charge >= 0.3 is 0 Å². The highest BCUT2D eigenvalue weighted by atomic mass is 32.1. The number of ether oxygens (including phenoxy) is 1. The predicted molar refractivity (Wildman–Crippen MR) is 85.5 cm³/mol. The molecule has 0 amide bonds. The second-order valence-electron chi connectivity index (χ2n) is 4.85. The highest BCUT2D eigenvalue weighted by Crippen LogP contribution is 2.24. The Morgan fingerprint density at radius 2 is 2.05 bits per heavy atom. The molecule has 0 aliphatic rings. The predicted octanol–water partition coefficient (Wildman–Crippen LogP) is 4.20. The average Bonchev–Trinajstić information content (AvgIpc) is 2.84. The summed E-state index contributed by atoms with van der Waals surface area (Å²) in [6.07, 6.45) is 0. The largest absolute Gasteiger partial charge is 0.375 e. The van der Waals surface area contributed by atoms with E-state index < -0.39 is 0 Å². The number of hydrogen-bond donors (Lipinski definition) is 1. The molecule has 0 fully saturated rings. The topological polar surface area (TPSA) is 34.1 Å². The van der Waals surface area contributed by atoms with Crippen LogP contribution in [0.4, 0.5) is 5.13 Å². The van der Waals surface area contributed by atoms with Crippen molar-refractivity contribution < 1.29 is 4.74 Å². The molecule has 108 valence electrons. The normalized spacial score (nSPS) is 12.3. The van der Waals surface area contributed by atoms with Gasteiger partial charge in [-0.25, -0.2) is 4.98 Å². The van der Waals surface area contributed by atoms with Crippen LogP contribution >= 0.6 is 11.3 Å². The zero-order valence-electron chi connectivity index (χ0n) is 12.3. The first-order valence-electron chi connectivity index (χ1n) is 7.03. The van der Waals surface area contributed by atoms with Crippen molar-refractivity contribution in [1.82, 2.24) is 4.98 Å². The molecule has 1 heterocycles. The first-order chi connectivity index (χ1) is 9.70. The third-order valence-corrected chi connectivity index (χ3v) is 4.23. The summed E-state index contributed by atoms with van der Waals surface area (Å²) in [4.78, 5) is 5.83. The van der Waals surface area contributed by atoms with E-state index >= 15 is 0 Å². The minimum atomic E-state index is 0.468. The number of anilines is 1. The van der Waals surface area contributed by atoms with Crippen LogP contribution in [0.2, 0.25) is 0 Å². The van der Waals surface area contributed by atoms with Crippen molar-refractivity contribution in [2.75, 3.05) is 18.5 Å². The minimum absolute atomic E-state index is 0.468. The fourth-order valence-electron chi connectivity index (χ4n) is 1.98. The van der Waals surface area contributed by atoms with Gasteiger partial charge in [0.2, 0.25) is 0 Å². The second-order valence-corrected chi connectivity index (χ2v) is 6.05. The number of aromatic nitrogens is 1. The summed E-state index contributed by atoms with van der Waals surface area (Å²) >= 11 is 1.70. The third kappa shape index (κ3) is 4.05. The molecule has 0 saturated carbocycles. The Kier molecular flexibility index (Phi) is 5.56. The molecule has 2 rings (SSSR count). The van der Waals surface area contributed by atoms with E-state index in [4.69, 9.17) is 4.74 Å². The van der Waals surface area contributed by atoms with Crippen LogP contribution in [0.25, 0.3) is 0 Å². The van der Waals surface area contributed by atoms with Gasteiger partial charge in [0.1, 0.15) is 0 Å². The van der Waals surface area contributed by atoms with Crippen LogP contribution in [0.1, 0.15) is 35.9 Å². The van der Waals surface area contributed by atoms with Crippen LogP contribution in [-0.4, -0.2) is 18.1 Å². The van der Waals surface area contributed by atoms with Crippen LogP contribution < -0.4 is 5.32 Å². The molecule has 0 spiro atoms. The van der Waals surface area contributed by atoms with Crippen molar-refractivity contribution in [3.05, 3.63) is 46.5 Å². The summed E-state index contributed by atoms with van der Waals surface area (Å²) in [5.74, 6) is 0.468. The molecular weight excluding hydrogens is 268 g/mol.